The first kappa shape index (κ1) is 24.1. The zero-order chi connectivity index (χ0) is 25.5. The number of Topliss-reactive ketones (excluding diaryl/α,β-unsaturated/α-hetero) is 1. The quantitative estimate of drug-likeness (QED) is 0.284. The third kappa shape index (κ3) is 4.39. The Bertz CT molecular complexity index is 1340. The molecule has 4 rings (SSSR count). The van der Waals surface area contributed by atoms with Crippen molar-refractivity contribution >= 4 is 23.1 Å². The van der Waals surface area contributed by atoms with Gasteiger partial charge in [-0.05, 0) is 55.8 Å². The van der Waals surface area contributed by atoms with Crippen molar-refractivity contribution in [3.05, 3.63) is 100 Å². The van der Waals surface area contributed by atoms with E-state index in [9.17, 15) is 27.9 Å². The van der Waals surface area contributed by atoms with E-state index >= 15 is 0 Å². The Morgan fingerprint density at radius 3 is 2.20 bits per heavy atom. The van der Waals surface area contributed by atoms with E-state index in [0.29, 0.717) is 11.3 Å². The maximum absolute atomic E-state index is 13.3. The summed E-state index contributed by atoms with van der Waals surface area (Å²) < 4.78 is 44.6. The van der Waals surface area contributed by atoms with Crippen molar-refractivity contribution < 1.29 is 32.6 Å². The predicted octanol–water partition coefficient (Wildman–Crippen LogP) is 5.96. The molecule has 1 heterocycles. The summed E-state index contributed by atoms with van der Waals surface area (Å²) in [6.07, 6.45) is -4.55. The number of halogens is 3. The first-order valence-electron chi connectivity index (χ1n) is 10.7. The number of hydrogen-bond acceptors (Lipinski definition) is 4. The Morgan fingerprint density at radius 2 is 1.60 bits per heavy atom. The van der Waals surface area contributed by atoms with Crippen molar-refractivity contribution in [2.45, 2.75) is 26.1 Å². The molecule has 1 unspecified atom stereocenters. The maximum Gasteiger partial charge on any atom is 0.416 e. The minimum absolute atomic E-state index is 0.0989. The van der Waals surface area contributed by atoms with Crippen molar-refractivity contribution in [3.63, 3.8) is 0 Å². The van der Waals surface area contributed by atoms with Crippen molar-refractivity contribution in [1.82, 2.24) is 0 Å². The number of hydrogen-bond donors (Lipinski definition) is 1. The van der Waals surface area contributed by atoms with Gasteiger partial charge in [0.25, 0.3) is 11.7 Å². The molecule has 8 heteroatoms. The lowest BCUT2D eigenvalue weighted by atomic mass is 9.93. The van der Waals surface area contributed by atoms with Gasteiger partial charge in [-0.25, -0.2) is 0 Å². The fourth-order valence-electron chi connectivity index (χ4n) is 4.22. The highest BCUT2D eigenvalue weighted by Gasteiger charge is 2.47. The van der Waals surface area contributed by atoms with Crippen LogP contribution in [0.5, 0.6) is 5.75 Å². The molecule has 0 radical (unpaired) electrons. The second-order valence-electron chi connectivity index (χ2n) is 8.33. The number of amides is 1. The molecule has 0 spiro atoms. The predicted molar refractivity (Wildman–Crippen MR) is 125 cm³/mol. The van der Waals surface area contributed by atoms with Gasteiger partial charge in [0, 0.05) is 5.69 Å². The number of benzene rings is 3. The van der Waals surface area contributed by atoms with Crippen molar-refractivity contribution in [2.75, 3.05) is 12.0 Å². The first-order chi connectivity index (χ1) is 16.5. The molecule has 0 aromatic heterocycles. The molecule has 1 fully saturated rings. The molecular formula is C27H22F3NO4. The minimum atomic E-state index is -4.55. The Labute approximate surface area is 200 Å². The van der Waals surface area contributed by atoms with Crippen LogP contribution in [0, 0.1) is 13.8 Å². The van der Waals surface area contributed by atoms with Gasteiger partial charge in [-0.1, -0.05) is 41.5 Å². The number of aliphatic hydroxyl groups is 1. The first-order valence-corrected chi connectivity index (χ1v) is 10.7. The van der Waals surface area contributed by atoms with E-state index in [4.69, 9.17) is 4.74 Å². The Balaban J connectivity index is 1.95. The molecule has 1 N–H and O–H groups in total. The second kappa shape index (κ2) is 8.94. The third-order valence-electron chi connectivity index (χ3n) is 5.89. The number of alkyl halides is 3. The van der Waals surface area contributed by atoms with Gasteiger partial charge in [-0.2, -0.15) is 13.2 Å². The van der Waals surface area contributed by atoms with Crippen LogP contribution in [0.3, 0.4) is 0 Å². The Morgan fingerprint density at radius 1 is 0.943 bits per heavy atom. The summed E-state index contributed by atoms with van der Waals surface area (Å²) in [6.45, 7) is 3.63. The number of methoxy groups -OCH3 is 1. The standard InChI is InChI=1S/C27H22F3NO4/c1-15-5-4-6-17(13-15)23-22(24(32)20-14-16(2)7-12-21(20)35-3)25(33)26(34)31(23)19-10-8-18(9-11-19)27(28,29)30/h4-14,23,32H,1-3H3/b24-22+. The lowest BCUT2D eigenvalue weighted by Gasteiger charge is -2.26. The molecule has 1 aliphatic rings. The van der Waals surface area contributed by atoms with Crippen LogP contribution >= 0.6 is 0 Å². The highest BCUT2D eigenvalue weighted by molar-refractivity contribution is 6.51. The van der Waals surface area contributed by atoms with Crippen LogP contribution in [0.15, 0.2) is 72.3 Å². The molecule has 1 atom stereocenters. The van der Waals surface area contributed by atoms with Crippen LogP contribution in [0.4, 0.5) is 18.9 Å². The summed E-state index contributed by atoms with van der Waals surface area (Å²) in [5, 5.41) is 11.3. The van der Waals surface area contributed by atoms with Crippen LogP contribution in [0.1, 0.15) is 33.9 Å². The van der Waals surface area contributed by atoms with Gasteiger partial charge in [0.1, 0.15) is 11.5 Å². The number of carbonyl (C=O) groups excluding carboxylic acids is 2. The minimum Gasteiger partial charge on any atom is -0.507 e. The smallest absolute Gasteiger partial charge is 0.416 e. The van der Waals surface area contributed by atoms with Gasteiger partial charge < -0.3 is 9.84 Å². The van der Waals surface area contributed by atoms with Gasteiger partial charge in [-0.3, -0.25) is 14.5 Å². The number of anilines is 1. The van der Waals surface area contributed by atoms with Gasteiger partial charge in [0.2, 0.25) is 0 Å². The molecule has 35 heavy (non-hydrogen) atoms. The normalized spacial score (nSPS) is 17.7. The van der Waals surface area contributed by atoms with Crippen molar-refractivity contribution in [2.24, 2.45) is 0 Å². The molecule has 0 bridgehead atoms. The highest BCUT2D eigenvalue weighted by atomic mass is 19.4. The fourth-order valence-corrected chi connectivity index (χ4v) is 4.22. The molecule has 1 aliphatic heterocycles. The molecule has 5 nitrogen and oxygen atoms in total. The Hall–Kier alpha value is -4.07. The average molecular weight is 481 g/mol. The van der Waals surface area contributed by atoms with Crippen LogP contribution in [0.25, 0.3) is 5.76 Å². The third-order valence-corrected chi connectivity index (χ3v) is 5.89. The zero-order valence-corrected chi connectivity index (χ0v) is 19.2. The number of ether oxygens (including phenoxy) is 1. The monoisotopic (exact) mass is 481 g/mol. The van der Waals surface area contributed by atoms with Crippen LogP contribution in [-0.2, 0) is 15.8 Å². The number of nitrogens with zero attached hydrogens (tertiary/aromatic N) is 1. The molecule has 3 aromatic rings. The lowest BCUT2D eigenvalue weighted by Crippen LogP contribution is -2.29. The van der Waals surface area contributed by atoms with E-state index in [1.807, 2.05) is 13.0 Å². The number of rotatable bonds is 4. The zero-order valence-electron chi connectivity index (χ0n) is 19.2. The number of aliphatic hydroxyl groups excluding tert-OH is 1. The number of carbonyl (C=O) groups is 2. The van der Waals surface area contributed by atoms with E-state index in [1.165, 1.54) is 7.11 Å². The molecule has 0 aliphatic carbocycles. The van der Waals surface area contributed by atoms with Crippen molar-refractivity contribution in [1.29, 1.82) is 0 Å². The lowest BCUT2D eigenvalue weighted by molar-refractivity contribution is -0.137. The summed E-state index contributed by atoms with van der Waals surface area (Å²) in [5.41, 5.74) is 1.43. The van der Waals surface area contributed by atoms with Crippen molar-refractivity contribution in [3.8, 4) is 5.75 Å². The van der Waals surface area contributed by atoms with E-state index in [2.05, 4.69) is 0 Å². The Kier molecular flexibility index (Phi) is 6.15. The van der Waals surface area contributed by atoms with E-state index < -0.39 is 35.2 Å². The van der Waals surface area contributed by atoms with Gasteiger partial charge in [-0.15, -0.1) is 0 Å². The van der Waals surface area contributed by atoms with Crippen LogP contribution in [0.2, 0.25) is 0 Å². The summed E-state index contributed by atoms with van der Waals surface area (Å²) in [7, 11) is 1.42. The fraction of sp³-hybridized carbons (Fsp3) is 0.185. The maximum atomic E-state index is 13.3. The summed E-state index contributed by atoms with van der Waals surface area (Å²) >= 11 is 0. The van der Waals surface area contributed by atoms with Gasteiger partial charge in [0.15, 0.2) is 0 Å². The van der Waals surface area contributed by atoms with E-state index in [1.54, 1.807) is 43.3 Å². The van der Waals surface area contributed by atoms with E-state index in [0.717, 1.165) is 40.3 Å². The molecule has 1 amide bonds. The largest absolute Gasteiger partial charge is 0.507 e. The molecular weight excluding hydrogens is 459 g/mol. The second-order valence-corrected chi connectivity index (χ2v) is 8.33. The SMILES string of the molecule is COc1ccc(C)cc1/C(O)=C1\C(=O)C(=O)N(c2ccc(C(F)(F)F)cc2)C1c1cccc(C)c1. The summed E-state index contributed by atoms with van der Waals surface area (Å²) in [5.74, 6) is -2.02. The highest BCUT2D eigenvalue weighted by Crippen LogP contribution is 2.44. The molecule has 3 aromatic carbocycles. The molecule has 1 saturated heterocycles. The van der Waals surface area contributed by atoms with Crippen LogP contribution < -0.4 is 9.64 Å². The van der Waals surface area contributed by atoms with Gasteiger partial charge in [0.05, 0.1) is 29.9 Å². The topological polar surface area (TPSA) is 66.8 Å². The van der Waals surface area contributed by atoms with E-state index in [-0.39, 0.29) is 16.8 Å². The summed E-state index contributed by atoms with van der Waals surface area (Å²) in [6, 6.07) is 15.0. The van der Waals surface area contributed by atoms with Crippen LogP contribution in [-0.4, -0.2) is 23.9 Å². The molecule has 0 saturated carbocycles. The van der Waals surface area contributed by atoms with Gasteiger partial charge >= 0.3 is 6.18 Å². The summed E-state index contributed by atoms with van der Waals surface area (Å²) in [4.78, 5) is 27.6. The average Bonchev–Trinajstić information content (AvgIpc) is 3.08. The number of ketones is 1. The molecule has 180 valence electrons. The number of aryl methyl sites for hydroxylation is 2.